The van der Waals surface area contributed by atoms with Gasteiger partial charge in [-0.05, 0) is 45.0 Å². The van der Waals surface area contributed by atoms with Crippen LogP contribution in [0.3, 0.4) is 0 Å². The maximum absolute atomic E-state index is 11.8. The van der Waals surface area contributed by atoms with E-state index in [0.717, 1.165) is 57.3 Å². The van der Waals surface area contributed by atoms with Crippen molar-refractivity contribution in [2.75, 3.05) is 46.4 Å². The van der Waals surface area contributed by atoms with Crippen LogP contribution in [0, 0.1) is 5.92 Å². The molecule has 0 bridgehead atoms. The molecule has 1 aromatic rings. The van der Waals surface area contributed by atoms with Crippen molar-refractivity contribution >= 4 is 11.9 Å². The van der Waals surface area contributed by atoms with Gasteiger partial charge in [-0.1, -0.05) is 13.8 Å². The Morgan fingerprint density at radius 1 is 1.37 bits per heavy atom. The Balaban J connectivity index is 2.08. The number of piperidine rings is 1. The Hall–Kier alpha value is -2.02. The van der Waals surface area contributed by atoms with Crippen molar-refractivity contribution < 1.29 is 13.9 Å². The molecule has 0 radical (unpaired) electrons. The number of rotatable bonds is 8. The summed E-state index contributed by atoms with van der Waals surface area (Å²) in [4.78, 5) is 21.3. The number of hydrogen-bond donors (Lipinski definition) is 1. The van der Waals surface area contributed by atoms with Crippen LogP contribution in [0.5, 0.6) is 0 Å². The lowest BCUT2D eigenvalue weighted by molar-refractivity contribution is -0.146. The SMILES string of the molecule is CCNC(=NCC(c1ccco1)N(CC)CC)N1CCC(C(=O)OC)CC1. The monoisotopic (exact) mass is 378 g/mol. The zero-order chi connectivity index (χ0) is 19.6. The van der Waals surface area contributed by atoms with Crippen LogP contribution in [-0.2, 0) is 9.53 Å². The molecule has 2 rings (SSSR count). The van der Waals surface area contributed by atoms with Gasteiger partial charge in [0, 0.05) is 19.6 Å². The van der Waals surface area contributed by atoms with Crippen molar-refractivity contribution in [3.05, 3.63) is 24.2 Å². The standard InChI is InChI=1S/C20H34N4O3/c1-5-21-20(24-12-10-16(11-13-24)19(25)26-4)22-15-17(23(6-2)7-3)18-9-8-14-27-18/h8-9,14,16-17H,5-7,10-13,15H2,1-4H3,(H,21,22). The Kier molecular flexibility index (Phi) is 8.64. The highest BCUT2D eigenvalue weighted by Crippen LogP contribution is 2.22. The van der Waals surface area contributed by atoms with Gasteiger partial charge in [-0.25, -0.2) is 0 Å². The number of ether oxygens (including phenoxy) is 1. The van der Waals surface area contributed by atoms with Gasteiger partial charge in [-0.3, -0.25) is 14.7 Å². The molecule has 0 aromatic carbocycles. The van der Waals surface area contributed by atoms with Crippen LogP contribution >= 0.6 is 0 Å². The third-order valence-electron chi connectivity index (χ3n) is 5.20. The summed E-state index contributed by atoms with van der Waals surface area (Å²) in [7, 11) is 1.46. The van der Waals surface area contributed by atoms with Crippen molar-refractivity contribution in [2.45, 2.75) is 39.7 Å². The van der Waals surface area contributed by atoms with E-state index >= 15 is 0 Å². The number of hydrogen-bond acceptors (Lipinski definition) is 5. The number of esters is 1. The smallest absolute Gasteiger partial charge is 0.308 e. The van der Waals surface area contributed by atoms with E-state index in [4.69, 9.17) is 14.1 Å². The molecule has 1 saturated heterocycles. The molecule has 1 aliphatic rings. The van der Waals surface area contributed by atoms with Crippen molar-refractivity contribution in [3.8, 4) is 0 Å². The molecule has 1 N–H and O–H groups in total. The molecule has 0 aliphatic carbocycles. The van der Waals surface area contributed by atoms with E-state index < -0.39 is 0 Å². The summed E-state index contributed by atoms with van der Waals surface area (Å²) in [6.45, 7) is 11.3. The molecule has 0 amide bonds. The van der Waals surface area contributed by atoms with Gasteiger partial charge in [0.25, 0.3) is 0 Å². The zero-order valence-electron chi connectivity index (χ0n) is 17.1. The first-order chi connectivity index (χ1) is 13.1. The fourth-order valence-electron chi connectivity index (χ4n) is 3.62. The number of carbonyl (C=O) groups is 1. The lowest BCUT2D eigenvalue weighted by Gasteiger charge is -2.34. The van der Waals surface area contributed by atoms with Crippen LogP contribution in [0.2, 0.25) is 0 Å². The highest BCUT2D eigenvalue weighted by molar-refractivity contribution is 5.80. The topological polar surface area (TPSA) is 70.3 Å². The maximum Gasteiger partial charge on any atom is 0.308 e. The van der Waals surface area contributed by atoms with E-state index in [2.05, 4.69) is 35.9 Å². The van der Waals surface area contributed by atoms with E-state index in [-0.39, 0.29) is 17.9 Å². The third-order valence-corrected chi connectivity index (χ3v) is 5.20. The fourth-order valence-corrected chi connectivity index (χ4v) is 3.62. The first-order valence-corrected chi connectivity index (χ1v) is 10.0. The number of aliphatic imine (C=N–C) groups is 1. The number of furan rings is 1. The van der Waals surface area contributed by atoms with Crippen LogP contribution in [-0.4, -0.2) is 68.1 Å². The van der Waals surface area contributed by atoms with E-state index in [1.165, 1.54) is 7.11 Å². The van der Waals surface area contributed by atoms with Crippen LogP contribution in [0.4, 0.5) is 0 Å². The largest absolute Gasteiger partial charge is 0.469 e. The molecule has 1 fully saturated rings. The average molecular weight is 379 g/mol. The molecule has 2 heterocycles. The first-order valence-electron chi connectivity index (χ1n) is 10.0. The fraction of sp³-hybridized carbons (Fsp3) is 0.700. The van der Waals surface area contributed by atoms with Gasteiger partial charge in [0.15, 0.2) is 5.96 Å². The number of likely N-dealkylation sites (tertiary alicyclic amines) is 1. The molecule has 0 saturated carbocycles. The normalized spacial score (nSPS) is 17.2. The van der Waals surface area contributed by atoms with Crippen LogP contribution in [0.25, 0.3) is 0 Å². The maximum atomic E-state index is 11.8. The summed E-state index contributed by atoms with van der Waals surface area (Å²) in [5, 5.41) is 3.40. The van der Waals surface area contributed by atoms with Crippen molar-refractivity contribution in [1.82, 2.24) is 15.1 Å². The van der Waals surface area contributed by atoms with Gasteiger partial charge in [-0.15, -0.1) is 0 Å². The molecule has 1 atom stereocenters. The summed E-state index contributed by atoms with van der Waals surface area (Å²) in [6.07, 6.45) is 3.32. The van der Waals surface area contributed by atoms with Gasteiger partial charge in [0.05, 0.1) is 31.9 Å². The predicted molar refractivity (Wildman–Crippen MR) is 107 cm³/mol. The Morgan fingerprint density at radius 2 is 2.07 bits per heavy atom. The van der Waals surface area contributed by atoms with Crippen LogP contribution < -0.4 is 5.32 Å². The van der Waals surface area contributed by atoms with Gasteiger partial charge in [0.2, 0.25) is 0 Å². The quantitative estimate of drug-likeness (QED) is 0.426. The Labute approximate surface area is 162 Å². The number of likely N-dealkylation sites (N-methyl/N-ethyl adjacent to an activating group) is 1. The summed E-state index contributed by atoms with van der Waals surface area (Å²) in [5.41, 5.74) is 0. The molecular formula is C20H34N4O3. The van der Waals surface area contributed by atoms with Gasteiger partial charge >= 0.3 is 5.97 Å². The second-order valence-electron chi connectivity index (χ2n) is 6.73. The number of guanidine groups is 1. The van der Waals surface area contributed by atoms with Crippen molar-refractivity contribution in [3.63, 3.8) is 0 Å². The van der Waals surface area contributed by atoms with Crippen molar-refractivity contribution in [2.24, 2.45) is 10.9 Å². The van der Waals surface area contributed by atoms with Crippen LogP contribution in [0.1, 0.15) is 45.4 Å². The van der Waals surface area contributed by atoms with Gasteiger partial charge in [0.1, 0.15) is 5.76 Å². The number of carbonyl (C=O) groups excluding carboxylic acids is 1. The average Bonchev–Trinajstić information content (AvgIpc) is 3.24. The number of nitrogens with zero attached hydrogens (tertiary/aromatic N) is 3. The minimum Gasteiger partial charge on any atom is -0.469 e. The number of methoxy groups -OCH3 is 1. The van der Waals surface area contributed by atoms with Crippen LogP contribution in [0.15, 0.2) is 27.8 Å². The van der Waals surface area contributed by atoms with Gasteiger partial charge in [-0.2, -0.15) is 0 Å². The third kappa shape index (κ3) is 5.73. The minimum absolute atomic E-state index is 0.000619. The predicted octanol–water partition coefficient (Wildman–Crippen LogP) is 2.51. The molecule has 1 aliphatic heterocycles. The van der Waals surface area contributed by atoms with Gasteiger partial charge < -0.3 is 19.4 Å². The Morgan fingerprint density at radius 3 is 2.59 bits per heavy atom. The second kappa shape index (κ2) is 11.0. The van der Waals surface area contributed by atoms with Crippen molar-refractivity contribution in [1.29, 1.82) is 0 Å². The number of nitrogens with one attached hydrogen (secondary N) is 1. The summed E-state index contributed by atoms with van der Waals surface area (Å²) < 4.78 is 10.6. The molecule has 152 valence electrons. The minimum atomic E-state index is -0.101. The summed E-state index contributed by atoms with van der Waals surface area (Å²) >= 11 is 0. The van der Waals surface area contributed by atoms with E-state index in [1.807, 2.05) is 12.1 Å². The molecule has 7 heteroatoms. The molecule has 7 nitrogen and oxygen atoms in total. The molecule has 1 unspecified atom stereocenters. The first kappa shape index (κ1) is 21.3. The highest BCUT2D eigenvalue weighted by atomic mass is 16.5. The van der Waals surface area contributed by atoms with E-state index in [0.29, 0.717) is 6.54 Å². The molecule has 1 aromatic heterocycles. The Bertz CT molecular complexity index is 576. The highest BCUT2D eigenvalue weighted by Gasteiger charge is 2.27. The lowest BCUT2D eigenvalue weighted by Crippen LogP contribution is -2.47. The van der Waals surface area contributed by atoms with E-state index in [9.17, 15) is 4.79 Å². The molecule has 27 heavy (non-hydrogen) atoms. The second-order valence-corrected chi connectivity index (χ2v) is 6.73. The van der Waals surface area contributed by atoms with E-state index in [1.54, 1.807) is 6.26 Å². The molecular weight excluding hydrogens is 344 g/mol. The summed E-state index contributed by atoms with van der Waals surface area (Å²) in [6, 6.07) is 4.07. The molecule has 0 spiro atoms. The zero-order valence-corrected chi connectivity index (χ0v) is 17.1. The summed E-state index contributed by atoms with van der Waals surface area (Å²) in [5.74, 6) is 1.75. The lowest BCUT2D eigenvalue weighted by atomic mass is 9.97.